The number of rotatable bonds is 5. The van der Waals surface area contributed by atoms with Crippen molar-refractivity contribution in [2.75, 3.05) is 18.8 Å². The van der Waals surface area contributed by atoms with Crippen molar-refractivity contribution in [2.45, 2.75) is 25.8 Å². The zero-order chi connectivity index (χ0) is 18.0. The molecule has 1 aromatic heterocycles. The number of nitrogens with two attached hydrogens (primary N) is 1. The van der Waals surface area contributed by atoms with Gasteiger partial charge in [0.05, 0.1) is 12.2 Å². The average molecular weight is 341 g/mol. The number of carbonyl (C=O) groups is 2. The smallest absolute Gasteiger partial charge is 0.251 e. The second-order valence-electron chi connectivity index (χ2n) is 6.36. The summed E-state index contributed by atoms with van der Waals surface area (Å²) in [5, 5.41) is 7.09. The number of nitrogen functional groups attached to an aromatic ring is 1. The van der Waals surface area contributed by atoms with Crippen LogP contribution in [0.3, 0.4) is 0 Å². The highest BCUT2D eigenvalue weighted by molar-refractivity contribution is 5.96. The van der Waals surface area contributed by atoms with Gasteiger partial charge in [0.1, 0.15) is 5.82 Å². The Morgan fingerprint density at radius 1 is 1.44 bits per heavy atom. The first kappa shape index (κ1) is 17.0. The quantitative estimate of drug-likeness (QED) is 0.860. The predicted molar refractivity (Wildman–Crippen MR) is 95.8 cm³/mol. The Hall–Kier alpha value is -2.83. The molecule has 0 bridgehead atoms. The van der Waals surface area contributed by atoms with Gasteiger partial charge >= 0.3 is 0 Å². The molecule has 1 aliphatic rings. The van der Waals surface area contributed by atoms with Crippen LogP contribution in [0.5, 0.6) is 0 Å². The molecule has 2 aromatic rings. The van der Waals surface area contributed by atoms with E-state index in [9.17, 15) is 9.59 Å². The number of amides is 2. The van der Waals surface area contributed by atoms with Gasteiger partial charge in [-0.2, -0.15) is 5.10 Å². The van der Waals surface area contributed by atoms with E-state index in [0.717, 1.165) is 24.1 Å². The number of likely N-dealkylation sites (tertiary alicyclic amines) is 1. The molecule has 7 heteroatoms. The van der Waals surface area contributed by atoms with Gasteiger partial charge in [-0.15, -0.1) is 0 Å². The largest absolute Gasteiger partial charge is 0.383 e. The second kappa shape index (κ2) is 6.96. The minimum absolute atomic E-state index is 0.101. The van der Waals surface area contributed by atoms with Crippen molar-refractivity contribution in [3.8, 4) is 11.1 Å². The Balaban J connectivity index is 1.72. The number of hydrogen-bond donors (Lipinski definition) is 2. The number of benzene rings is 1. The highest BCUT2D eigenvalue weighted by atomic mass is 16.2. The molecule has 132 valence electrons. The normalized spacial score (nSPS) is 17.1. The number of nitrogens with one attached hydrogen (secondary N) is 1. The summed E-state index contributed by atoms with van der Waals surface area (Å²) in [6.07, 6.45) is 2.96. The van der Waals surface area contributed by atoms with Crippen molar-refractivity contribution in [3.63, 3.8) is 0 Å². The van der Waals surface area contributed by atoms with Gasteiger partial charge in [0.15, 0.2) is 0 Å². The first-order valence-electron chi connectivity index (χ1n) is 8.46. The summed E-state index contributed by atoms with van der Waals surface area (Å²) in [4.78, 5) is 26.3. The topological polar surface area (TPSA) is 93.2 Å². The van der Waals surface area contributed by atoms with Crippen LogP contribution in [0.4, 0.5) is 5.82 Å². The van der Waals surface area contributed by atoms with Crippen LogP contribution < -0.4 is 11.1 Å². The van der Waals surface area contributed by atoms with Gasteiger partial charge in [-0.1, -0.05) is 19.1 Å². The lowest BCUT2D eigenvalue weighted by molar-refractivity contribution is -0.127. The van der Waals surface area contributed by atoms with E-state index in [1.54, 1.807) is 35.0 Å². The zero-order valence-corrected chi connectivity index (χ0v) is 14.5. The van der Waals surface area contributed by atoms with Crippen LogP contribution in [0.2, 0.25) is 0 Å². The Bertz CT molecular complexity index is 799. The van der Waals surface area contributed by atoms with E-state index in [4.69, 9.17) is 5.73 Å². The molecule has 0 spiro atoms. The van der Waals surface area contributed by atoms with Gasteiger partial charge in [-0.25, -0.2) is 0 Å². The standard InChI is InChI=1S/C18H23N5O2/c1-3-7-23-11-14(9-16(23)24)21-18(25)13-6-4-5-12(8-13)15-10-20-22(2)17(15)19/h4-6,8,10,14H,3,7,9,11,19H2,1-2H3,(H,21,25)/t14-/m0/s1. The monoisotopic (exact) mass is 341 g/mol. The Kier molecular flexibility index (Phi) is 4.74. The fourth-order valence-electron chi connectivity index (χ4n) is 3.12. The van der Waals surface area contributed by atoms with Crippen LogP contribution in [0.1, 0.15) is 30.1 Å². The molecule has 1 aliphatic heterocycles. The lowest BCUT2D eigenvalue weighted by Crippen LogP contribution is -2.37. The molecule has 3 rings (SSSR count). The number of anilines is 1. The van der Waals surface area contributed by atoms with E-state index in [-0.39, 0.29) is 17.9 Å². The van der Waals surface area contributed by atoms with Crippen LogP contribution in [0.25, 0.3) is 11.1 Å². The number of hydrogen-bond acceptors (Lipinski definition) is 4. The Morgan fingerprint density at radius 3 is 2.92 bits per heavy atom. The van der Waals surface area contributed by atoms with Crippen LogP contribution in [-0.2, 0) is 11.8 Å². The van der Waals surface area contributed by atoms with Crippen molar-refractivity contribution >= 4 is 17.6 Å². The van der Waals surface area contributed by atoms with Crippen molar-refractivity contribution in [1.29, 1.82) is 0 Å². The SMILES string of the molecule is CCCN1C[C@@H](NC(=O)c2cccc(-c3cnn(C)c3N)c2)CC1=O. The van der Waals surface area contributed by atoms with Crippen LogP contribution >= 0.6 is 0 Å². The molecule has 2 heterocycles. The van der Waals surface area contributed by atoms with Gasteiger partial charge in [-0.05, 0) is 24.1 Å². The van der Waals surface area contributed by atoms with Crippen LogP contribution in [-0.4, -0.2) is 45.6 Å². The lowest BCUT2D eigenvalue weighted by Gasteiger charge is -2.16. The first-order chi connectivity index (χ1) is 12.0. The fraction of sp³-hybridized carbons (Fsp3) is 0.389. The summed E-state index contributed by atoms with van der Waals surface area (Å²) in [6.45, 7) is 3.35. The van der Waals surface area contributed by atoms with E-state index >= 15 is 0 Å². The first-order valence-corrected chi connectivity index (χ1v) is 8.46. The third-order valence-corrected chi connectivity index (χ3v) is 4.46. The van der Waals surface area contributed by atoms with Gasteiger partial charge in [0.25, 0.3) is 5.91 Å². The van der Waals surface area contributed by atoms with Crippen LogP contribution in [0.15, 0.2) is 30.5 Å². The molecule has 0 saturated carbocycles. The molecule has 7 nitrogen and oxygen atoms in total. The molecule has 0 aliphatic carbocycles. The molecule has 1 aromatic carbocycles. The summed E-state index contributed by atoms with van der Waals surface area (Å²) in [7, 11) is 1.77. The predicted octanol–water partition coefficient (Wildman–Crippen LogP) is 1.41. The third kappa shape index (κ3) is 3.50. The fourth-order valence-corrected chi connectivity index (χ4v) is 3.12. The van der Waals surface area contributed by atoms with E-state index in [1.165, 1.54) is 0 Å². The molecule has 0 unspecified atom stereocenters. The molecule has 0 radical (unpaired) electrons. The minimum Gasteiger partial charge on any atom is -0.383 e. The van der Waals surface area contributed by atoms with Gasteiger partial charge in [0.2, 0.25) is 5.91 Å². The Morgan fingerprint density at radius 2 is 2.24 bits per heavy atom. The molecular formula is C18H23N5O2. The van der Waals surface area contributed by atoms with E-state index in [1.807, 2.05) is 19.1 Å². The molecule has 1 fully saturated rings. The van der Waals surface area contributed by atoms with Gasteiger partial charge in [0, 0.05) is 37.7 Å². The Labute approximate surface area is 146 Å². The van der Waals surface area contributed by atoms with Gasteiger partial charge in [-0.3, -0.25) is 14.3 Å². The maximum Gasteiger partial charge on any atom is 0.251 e. The van der Waals surface area contributed by atoms with E-state index < -0.39 is 0 Å². The van der Waals surface area contributed by atoms with Crippen molar-refractivity contribution in [2.24, 2.45) is 7.05 Å². The third-order valence-electron chi connectivity index (χ3n) is 4.46. The number of carbonyl (C=O) groups excluding carboxylic acids is 2. The van der Waals surface area contributed by atoms with Crippen molar-refractivity contribution in [1.82, 2.24) is 20.0 Å². The lowest BCUT2D eigenvalue weighted by atomic mass is 10.0. The molecular weight excluding hydrogens is 318 g/mol. The molecule has 1 atom stereocenters. The number of nitrogens with zero attached hydrogens (tertiary/aromatic N) is 3. The molecule has 1 saturated heterocycles. The molecule has 2 amide bonds. The highest BCUT2D eigenvalue weighted by Gasteiger charge is 2.30. The second-order valence-corrected chi connectivity index (χ2v) is 6.36. The number of aromatic nitrogens is 2. The minimum atomic E-state index is -0.180. The van der Waals surface area contributed by atoms with Crippen LogP contribution in [0, 0.1) is 0 Å². The van der Waals surface area contributed by atoms with E-state index in [2.05, 4.69) is 10.4 Å². The highest BCUT2D eigenvalue weighted by Crippen LogP contribution is 2.25. The maximum absolute atomic E-state index is 12.6. The van der Waals surface area contributed by atoms with Crippen molar-refractivity contribution in [3.05, 3.63) is 36.0 Å². The summed E-state index contributed by atoms with van der Waals surface area (Å²) in [6, 6.07) is 7.13. The molecule has 25 heavy (non-hydrogen) atoms. The maximum atomic E-state index is 12.6. The van der Waals surface area contributed by atoms with Gasteiger partial charge < -0.3 is 16.0 Å². The van der Waals surface area contributed by atoms with E-state index in [0.29, 0.717) is 24.3 Å². The van der Waals surface area contributed by atoms with Crippen molar-refractivity contribution < 1.29 is 9.59 Å². The zero-order valence-electron chi connectivity index (χ0n) is 14.5. The summed E-state index contributed by atoms with van der Waals surface area (Å²) >= 11 is 0. The summed E-state index contributed by atoms with van der Waals surface area (Å²) in [5.41, 5.74) is 8.19. The summed E-state index contributed by atoms with van der Waals surface area (Å²) in [5.74, 6) is 0.471. The average Bonchev–Trinajstić information content (AvgIpc) is 3.11. The number of aryl methyl sites for hydroxylation is 1. The summed E-state index contributed by atoms with van der Waals surface area (Å²) < 4.78 is 1.59. The molecule has 3 N–H and O–H groups in total.